The standard InChI is InChI=1S/C22H31N5O7/c23-17-2-1-16(15-18(17)24)22(31)26-7-10-33-12-14-34-13-11-32-9-6-25-19(28)5-8-27-20(29)3-4-21(27)30/h1-4,15H,5-14,23-24H2,(H,25,28)(H,26,31). The lowest BCUT2D eigenvalue weighted by atomic mass is 10.1. The second kappa shape index (κ2) is 14.6. The van der Waals surface area contributed by atoms with Crippen LogP contribution in [0.25, 0.3) is 0 Å². The lowest BCUT2D eigenvalue weighted by Gasteiger charge is -2.13. The average molecular weight is 478 g/mol. The third-order valence-electron chi connectivity index (χ3n) is 4.66. The van der Waals surface area contributed by atoms with Crippen molar-refractivity contribution in [1.29, 1.82) is 0 Å². The molecule has 4 amide bonds. The highest BCUT2D eigenvalue weighted by Gasteiger charge is 2.23. The summed E-state index contributed by atoms with van der Waals surface area (Å²) in [6, 6.07) is 4.71. The van der Waals surface area contributed by atoms with Gasteiger partial charge in [0.25, 0.3) is 17.7 Å². The summed E-state index contributed by atoms with van der Waals surface area (Å²) in [5.74, 6) is -1.33. The van der Waals surface area contributed by atoms with E-state index in [-0.39, 0.29) is 24.8 Å². The average Bonchev–Trinajstić information content (AvgIpc) is 3.14. The van der Waals surface area contributed by atoms with Gasteiger partial charge in [0.1, 0.15) is 0 Å². The van der Waals surface area contributed by atoms with E-state index in [0.717, 1.165) is 4.90 Å². The fourth-order valence-corrected chi connectivity index (χ4v) is 2.81. The second-order valence-corrected chi connectivity index (χ2v) is 7.20. The molecule has 2 rings (SSSR count). The van der Waals surface area contributed by atoms with E-state index in [1.807, 2.05) is 0 Å². The minimum absolute atomic E-state index is 0.0436. The summed E-state index contributed by atoms with van der Waals surface area (Å²) in [6.07, 6.45) is 2.41. The van der Waals surface area contributed by atoms with Gasteiger partial charge in [0.2, 0.25) is 5.91 Å². The molecule has 0 unspecified atom stereocenters. The number of anilines is 2. The molecule has 0 aliphatic carbocycles. The molecule has 0 atom stereocenters. The van der Waals surface area contributed by atoms with Gasteiger partial charge in [-0.15, -0.1) is 0 Å². The van der Waals surface area contributed by atoms with Gasteiger partial charge < -0.3 is 36.3 Å². The van der Waals surface area contributed by atoms with Crippen molar-refractivity contribution >= 4 is 35.0 Å². The number of amides is 4. The van der Waals surface area contributed by atoms with Crippen LogP contribution in [0, 0.1) is 0 Å². The molecule has 12 nitrogen and oxygen atoms in total. The van der Waals surface area contributed by atoms with E-state index < -0.39 is 11.8 Å². The number of imide groups is 1. The Kier molecular flexibility index (Phi) is 11.5. The molecule has 0 saturated heterocycles. The third kappa shape index (κ3) is 9.57. The van der Waals surface area contributed by atoms with E-state index in [4.69, 9.17) is 25.7 Å². The van der Waals surface area contributed by atoms with Crippen LogP contribution in [-0.2, 0) is 28.6 Å². The predicted octanol–water partition coefficient (Wildman–Crippen LogP) is -0.938. The molecule has 6 N–H and O–H groups in total. The number of carbonyl (C=O) groups excluding carboxylic acids is 4. The summed E-state index contributed by atoms with van der Waals surface area (Å²) in [5.41, 5.74) is 12.5. The summed E-state index contributed by atoms with van der Waals surface area (Å²) >= 11 is 0. The quantitative estimate of drug-likeness (QED) is 0.133. The number of rotatable bonds is 16. The molecule has 0 radical (unpaired) electrons. The van der Waals surface area contributed by atoms with Crippen molar-refractivity contribution in [2.75, 3.05) is 70.7 Å². The van der Waals surface area contributed by atoms with Gasteiger partial charge in [-0.3, -0.25) is 24.1 Å². The van der Waals surface area contributed by atoms with E-state index in [1.54, 1.807) is 12.1 Å². The molecule has 1 aliphatic rings. The molecule has 1 aromatic rings. The maximum atomic E-state index is 12.0. The van der Waals surface area contributed by atoms with Crippen molar-refractivity contribution in [3.05, 3.63) is 35.9 Å². The van der Waals surface area contributed by atoms with Crippen molar-refractivity contribution in [2.24, 2.45) is 0 Å². The molecule has 1 aromatic carbocycles. The summed E-state index contributed by atoms with van der Waals surface area (Å²) < 4.78 is 16.1. The lowest BCUT2D eigenvalue weighted by Crippen LogP contribution is -2.35. The number of hydrogen-bond acceptors (Lipinski definition) is 9. The Morgan fingerprint density at radius 3 is 1.94 bits per heavy atom. The van der Waals surface area contributed by atoms with Gasteiger partial charge in [0, 0.05) is 43.8 Å². The van der Waals surface area contributed by atoms with Crippen molar-refractivity contribution in [3.8, 4) is 0 Å². The van der Waals surface area contributed by atoms with Crippen LogP contribution in [-0.4, -0.2) is 87.8 Å². The zero-order valence-corrected chi connectivity index (χ0v) is 18.9. The number of ether oxygens (including phenoxy) is 3. The van der Waals surface area contributed by atoms with E-state index in [1.165, 1.54) is 18.2 Å². The number of nitrogens with one attached hydrogen (secondary N) is 2. The Balaban J connectivity index is 1.35. The Bertz CT molecular complexity index is 872. The molecule has 0 spiro atoms. The molecule has 186 valence electrons. The van der Waals surface area contributed by atoms with E-state index in [0.29, 0.717) is 69.7 Å². The highest BCUT2D eigenvalue weighted by molar-refractivity contribution is 6.13. The number of benzene rings is 1. The molecule has 0 aromatic heterocycles. The monoisotopic (exact) mass is 477 g/mol. The van der Waals surface area contributed by atoms with Crippen molar-refractivity contribution < 1.29 is 33.4 Å². The molecular formula is C22H31N5O7. The van der Waals surface area contributed by atoms with Crippen LogP contribution in [0.1, 0.15) is 16.8 Å². The van der Waals surface area contributed by atoms with Gasteiger partial charge >= 0.3 is 0 Å². The van der Waals surface area contributed by atoms with Crippen LogP contribution in [0.5, 0.6) is 0 Å². The van der Waals surface area contributed by atoms with Crippen LogP contribution in [0.15, 0.2) is 30.4 Å². The first-order valence-electron chi connectivity index (χ1n) is 10.8. The first kappa shape index (κ1) is 26.8. The zero-order chi connectivity index (χ0) is 24.8. The smallest absolute Gasteiger partial charge is 0.253 e. The van der Waals surface area contributed by atoms with Crippen LogP contribution in [0.3, 0.4) is 0 Å². The van der Waals surface area contributed by atoms with Gasteiger partial charge in [-0.1, -0.05) is 0 Å². The molecular weight excluding hydrogens is 446 g/mol. The number of hydrogen-bond donors (Lipinski definition) is 4. The number of carbonyl (C=O) groups is 4. The first-order chi connectivity index (χ1) is 16.4. The maximum Gasteiger partial charge on any atom is 0.253 e. The molecule has 0 bridgehead atoms. The SMILES string of the molecule is Nc1ccc(C(=O)NCCOCCOCCOCCNC(=O)CCN2C(=O)C=CC2=O)cc1N. The fraction of sp³-hybridized carbons (Fsp3) is 0.455. The summed E-state index contributed by atoms with van der Waals surface area (Å²) in [6.45, 7) is 2.86. The predicted molar refractivity (Wildman–Crippen MR) is 124 cm³/mol. The van der Waals surface area contributed by atoms with E-state index >= 15 is 0 Å². The highest BCUT2D eigenvalue weighted by Crippen LogP contribution is 2.15. The molecule has 12 heteroatoms. The number of nitrogens with zero attached hydrogens (tertiary/aromatic N) is 1. The van der Waals surface area contributed by atoms with Gasteiger partial charge in [0.15, 0.2) is 0 Å². The maximum absolute atomic E-state index is 12.0. The fourth-order valence-electron chi connectivity index (χ4n) is 2.81. The van der Waals surface area contributed by atoms with Crippen LogP contribution < -0.4 is 22.1 Å². The van der Waals surface area contributed by atoms with E-state index in [2.05, 4.69) is 10.6 Å². The van der Waals surface area contributed by atoms with Gasteiger partial charge in [-0.2, -0.15) is 0 Å². The summed E-state index contributed by atoms with van der Waals surface area (Å²) in [7, 11) is 0. The minimum Gasteiger partial charge on any atom is -0.397 e. The van der Waals surface area contributed by atoms with Crippen molar-refractivity contribution in [2.45, 2.75) is 6.42 Å². The summed E-state index contributed by atoms with van der Waals surface area (Å²) in [5, 5.41) is 5.38. The third-order valence-corrected chi connectivity index (χ3v) is 4.66. The molecule has 34 heavy (non-hydrogen) atoms. The first-order valence-corrected chi connectivity index (χ1v) is 10.8. The Labute approximate surface area is 197 Å². The van der Waals surface area contributed by atoms with Crippen molar-refractivity contribution in [3.63, 3.8) is 0 Å². The molecule has 1 aliphatic heterocycles. The Morgan fingerprint density at radius 1 is 0.794 bits per heavy atom. The second-order valence-electron chi connectivity index (χ2n) is 7.20. The Hall–Kier alpha value is -3.48. The highest BCUT2D eigenvalue weighted by atomic mass is 16.5. The largest absolute Gasteiger partial charge is 0.397 e. The van der Waals surface area contributed by atoms with Gasteiger partial charge in [0.05, 0.1) is 51.0 Å². The van der Waals surface area contributed by atoms with E-state index in [9.17, 15) is 19.2 Å². The number of nitrogen functional groups attached to an aromatic ring is 2. The zero-order valence-electron chi connectivity index (χ0n) is 18.9. The topological polar surface area (TPSA) is 175 Å². The normalized spacial score (nSPS) is 12.9. The van der Waals surface area contributed by atoms with Crippen LogP contribution >= 0.6 is 0 Å². The van der Waals surface area contributed by atoms with Gasteiger partial charge in [-0.05, 0) is 18.2 Å². The van der Waals surface area contributed by atoms with Gasteiger partial charge in [-0.25, -0.2) is 0 Å². The molecule has 1 heterocycles. The minimum atomic E-state index is -0.404. The summed E-state index contributed by atoms with van der Waals surface area (Å²) in [4.78, 5) is 47.5. The van der Waals surface area contributed by atoms with Crippen LogP contribution in [0.4, 0.5) is 11.4 Å². The van der Waals surface area contributed by atoms with Crippen LogP contribution in [0.2, 0.25) is 0 Å². The Morgan fingerprint density at radius 2 is 1.35 bits per heavy atom. The molecule has 0 fully saturated rings. The lowest BCUT2D eigenvalue weighted by molar-refractivity contribution is -0.137. The number of nitrogens with two attached hydrogens (primary N) is 2. The molecule has 0 saturated carbocycles. The van der Waals surface area contributed by atoms with Crippen molar-refractivity contribution in [1.82, 2.24) is 15.5 Å².